The van der Waals surface area contributed by atoms with E-state index in [2.05, 4.69) is 17.0 Å². The number of para-hydroxylation sites is 1. The molecule has 0 aliphatic carbocycles. The summed E-state index contributed by atoms with van der Waals surface area (Å²) in [5.41, 5.74) is 8.50. The fourth-order valence-corrected chi connectivity index (χ4v) is 3.43. The number of nitro benzene ring substituents is 1. The molecule has 2 N–H and O–H groups in total. The van der Waals surface area contributed by atoms with Gasteiger partial charge < -0.3 is 5.73 Å². The maximum Gasteiger partial charge on any atom is 0.274 e. The van der Waals surface area contributed by atoms with Crippen molar-refractivity contribution in [3.05, 3.63) is 75.8 Å². The summed E-state index contributed by atoms with van der Waals surface area (Å²) in [6.45, 7) is 3.58. The van der Waals surface area contributed by atoms with E-state index >= 15 is 0 Å². The molecular weight excluding hydrogens is 326 g/mol. The third kappa shape index (κ3) is 3.59. The van der Waals surface area contributed by atoms with Crippen LogP contribution >= 0.6 is 12.4 Å². The lowest BCUT2D eigenvalue weighted by atomic mass is 9.95. The highest BCUT2D eigenvalue weighted by atomic mass is 35.5. The van der Waals surface area contributed by atoms with Gasteiger partial charge in [0.15, 0.2) is 0 Å². The highest BCUT2D eigenvalue weighted by Gasteiger charge is 2.35. The second kappa shape index (κ2) is 7.75. The molecule has 0 bridgehead atoms. The number of nitrogens with two attached hydrogens (primary N) is 1. The molecule has 1 aliphatic rings. The van der Waals surface area contributed by atoms with Gasteiger partial charge in [0, 0.05) is 42.7 Å². The van der Waals surface area contributed by atoms with Gasteiger partial charge in [-0.25, -0.2) is 0 Å². The molecule has 0 amide bonds. The predicted molar refractivity (Wildman–Crippen MR) is 97.5 cm³/mol. The average molecular weight is 348 g/mol. The van der Waals surface area contributed by atoms with E-state index in [1.807, 2.05) is 37.3 Å². The molecule has 1 aliphatic heterocycles. The van der Waals surface area contributed by atoms with E-state index in [-0.39, 0.29) is 41.0 Å². The zero-order valence-electron chi connectivity index (χ0n) is 13.5. The number of nitrogens with zero attached hydrogens (tertiary/aromatic N) is 2. The van der Waals surface area contributed by atoms with Crippen molar-refractivity contribution in [1.82, 2.24) is 4.90 Å². The first-order chi connectivity index (χ1) is 11.1. The van der Waals surface area contributed by atoms with Gasteiger partial charge in [0.25, 0.3) is 5.69 Å². The van der Waals surface area contributed by atoms with Crippen LogP contribution in [0.5, 0.6) is 0 Å². The highest BCUT2D eigenvalue weighted by Crippen LogP contribution is 2.35. The number of halogens is 1. The van der Waals surface area contributed by atoms with Crippen molar-refractivity contribution in [2.24, 2.45) is 5.73 Å². The Hall–Kier alpha value is -1.95. The van der Waals surface area contributed by atoms with Crippen LogP contribution in [0.4, 0.5) is 5.69 Å². The minimum atomic E-state index is -0.309. The van der Waals surface area contributed by atoms with Crippen molar-refractivity contribution in [2.75, 3.05) is 13.1 Å². The molecule has 1 unspecified atom stereocenters. The van der Waals surface area contributed by atoms with Gasteiger partial charge in [0.1, 0.15) is 0 Å². The van der Waals surface area contributed by atoms with Gasteiger partial charge in [-0.1, -0.05) is 48.5 Å². The maximum absolute atomic E-state index is 11.3. The van der Waals surface area contributed by atoms with E-state index in [0.29, 0.717) is 0 Å². The Morgan fingerprint density at radius 2 is 1.75 bits per heavy atom. The Balaban J connectivity index is 0.00000208. The first-order valence-corrected chi connectivity index (χ1v) is 7.86. The molecule has 1 saturated heterocycles. The van der Waals surface area contributed by atoms with Crippen LogP contribution in [0, 0.1) is 10.1 Å². The molecular formula is C18H22ClN3O2. The van der Waals surface area contributed by atoms with E-state index < -0.39 is 0 Å². The minimum absolute atomic E-state index is 0. The molecule has 1 heterocycles. The average Bonchev–Trinajstić information content (AvgIpc) is 2.97. The second-order valence-electron chi connectivity index (χ2n) is 6.13. The second-order valence-corrected chi connectivity index (χ2v) is 6.13. The predicted octanol–water partition coefficient (Wildman–Crippen LogP) is 3.50. The fourth-order valence-electron chi connectivity index (χ4n) is 3.43. The lowest BCUT2D eigenvalue weighted by Crippen LogP contribution is -2.30. The Bertz CT molecular complexity index is 696. The van der Waals surface area contributed by atoms with Crippen molar-refractivity contribution < 1.29 is 4.92 Å². The number of rotatable bonds is 4. The molecule has 128 valence electrons. The van der Waals surface area contributed by atoms with Crippen LogP contribution in [-0.2, 0) is 0 Å². The third-order valence-corrected chi connectivity index (χ3v) is 4.75. The molecule has 6 heteroatoms. The van der Waals surface area contributed by atoms with Crippen LogP contribution in [0.1, 0.15) is 30.0 Å². The summed E-state index contributed by atoms with van der Waals surface area (Å²) in [5, 5.41) is 11.3. The SMILES string of the molecule is CC(c1ccccc1[N+](=O)[O-])N1C[C@@H](N)[C@H](c2ccccc2)C1.Cl. The van der Waals surface area contributed by atoms with Gasteiger partial charge in [0.05, 0.1) is 4.92 Å². The smallest absolute Gasteiger partial charge is 0.274 e. The molecule has 3 atom stereocenters. The number of nitro groups is 1. The monoisotopic (exact) mass is 347 g/mol. The number of benzene rings is 2. The summed E-state index contributed by atoms with van der Waals surface area (Å²) in [5.74, 6) is 0.265. The standard InChI is InChI=1S/C18H21N3O2.ClH/c1-13(15-9-5-6-10-18(15)21(22)23)20-11-16(17(19)12-20)14-7-3-2-4-8-14;/h2-10,13,16-17H,11-12,19H2,1H3;1H/t13?,16-,17+;/m0./s1. The molecule has 24 heavy (non-hydrogen) atoms. The molecule has 0 spiro atoms. The van der Waals surface area contributed by atoms with E-state index in [9.17, 15) is 10.1 Å². The number of hydrogen-bond acceptors (Lipinski definition) is 4. The van der Waals surface area contributed by atoms with E-state index in [1.54, 1.807) is 12.1 Å². The Kier molecular flexibility index (Phi) is 5.94. The summed E-state index contributed by atoms with van der Waals surface area (Å²) in [6.07, 6.45) is 0. The largest absolute Gasteiger partial charge is 0.326 e. The van der Waals surface area contributed by atoms with Crippen molar-refractivity contribution in [2.45, 2.75) is 24.9 Å². The quantitative estimate of drug-likeness (QED) is 0.678. The van der Waals surface area contributed by atoms with Crippen molar-refractivity contribution >= 4 is 18.1 Å². The van der Waals surface area contributed by atoms with Crippen molar-refractivity contribution in [3.8, 4) is 0 Å². The summed E-state index contributed by atoms with van der Waals surface area (Å²) in [4.78, 5) is 13.2. The van der Waals surface area contributed by atoms with Gasteiger partial charge in [-0.15, -0.1) is 12.4 Å². The summed E-state index contributed by atoms with van der Waals surface area (Å²) in [6, 6.07) is 17.2. The van der Waals surface area contributed by atoms with Crippen LogP contribution in [0.3, 0.4) is 0 Å². The summed E-state index contributed by atoms with van der Waals surface area (Å²) < 4.78 is 0. The zero-order chi connectivity index (χ0) is 16.4. The number of likely N-dealkylation sites (tertiary alicyclic amines) is 1. The molecule has 2 aromatic rings. The van der Waals surface area contributed by atoms with Crippen LogP contribution < -0.4 is 5.73 Å². The van der Waals surface area contributed by atoms with Crippen LogP contribution in [-0.4, -0.2) is 29.0 Å². The van der Waals surface area contributed by atoms with Crippen LogP contribution in [0.25, 0.3) is 0 Å². The van der Waals surface area contributed by atoms with Gasteiger partial charge in [-0.05, 0) is 12.5 Å². The normalized spacial score (nSPS) is 21.9. The zero-order valence-corrected chi connectivity index (χ0v) is 14.4. The van der Waals surface area contributed by atoms with Crippen LogP contribution in [0.15, 0.2) is 54.6 Å². The van der Waals surface area contributed by atoms with E-state index in [1.165, 1.54) is 5.56 Å². The number of hydrogen-bond donors (Lipinski definition) is 1. The first-order valence-electron chi connectivity index (χ1n) is 7.86. The maximum atomic E-state index is 11.3. The summed E-state index contributed by atoms with van der Waals surface area (Å²) in [7, 11) is 0. The van der Waals surface area contributed by atoms with Crippen molar-refractivity contribution in [1.29, 1.82) is 0 Å². The minimum Gasteiger partial charge on any atom is -0.326 e. The Morgan fingerprint density at radius 3 is 2.42 bits per heavy atom. The van der Waals surface area contributed by atoms with Crippen molar-refractivity contribution in [3.63, 3.8) is 0 Å². The molecule has 2 aromatic carbocycles. The van der Waals surface area contributed by atoms with E-state index in [4.69, 9.17) is 5.73 Å². The fraction of sp³-hybridized carbons (Fsp3) is 0.333. The lowest BCUT2D eigenvalue weighted by molar-refractivity contribution is -0.385. The van der Waals surface area contributed by atoms with Gasteiger partial charge in [-0.3, -0.25) is 15.0 Å². The molecule has 0 aromatic heterocycles. The molecule has 5 nitrogen and oxygen atoms in total. The highest BCUT2D eigenvalue weighted by molar-refractivity contribution is 5.85. The Morgan fingerprint density at radius 1 is 1.12 bits per heavy atom. The molecule has 1 fully saturated rings. The molecule has 0 radical (unpaired) electrons. The van der Waals surface area contributed by atoms with Crippen LogP contribution in [0.2, 0.25) is 0 Å². The topological polar surface area (TPSA) is 72.4 Å². The van der Waals surface area contributed by atoms with Gasteiger partial charge in [0.2, 0.25) is 0 Å². The molecule has 3 rings (SSSR count). The summed E-state index contributed by atoms with van der Waals surface area (Å²) >= 11 is 0. The van der Waals surface area contributed by atoms with Gasteiger partial charge >= 0.3 is 0 Å². The Labute approximate surface area is 148 Å². The lowest BCUT2D eigenvalue weighted by Gasteiger charge is -2.24. The first kappa shape index (κ1) is 18.4. The van der Waals surface area contributed by atoms with E-state index in [0.717, 1.165) is 18.7 Å². The van der Waals surface area contributed by atoms with Gasteiger partial charge in [-0.2, -0.15) is 0 Å². The molecule has 0 saturated carbocycles. The third-order valence-electron chi connectivity index (χ3n) is 4.75.